The zero-order chi connectivity index (χ0) is 25.4. The molecular weight excluding hydrogens is 460 g/mol. The second-order valence-electron chi connectivity index (χ2n) is 8.60. The molecule has 0 spiro atoms. The molecule has 0 radical (unpaired) electrons. The van der Waals surface area contributed by atoms with Crippen LogP contribution in [0.4, 0.5) is 0 Å². The molecule has 0 aliphatic carbocycles. The van der Waals surface area contributed by atoms with Gasteiger partial charge in [-0.1, -0.05) is 30.4 Å². The first-order chi connectivity index (χ1) is 17.3. The molecule has 0 aromatic heterocycles. The number of rotatable bonds is 5. The van der Waals surface area contributed by atoms with Crippen LogP contribution in [0.15, 0.2) is 72.8 Å². The van der Waals surface area contributed by atoms with Gasteiger partial charge in [-0.3, -0.25) is 0 Å². The van der Waals surface area contributed by atoms with Crippen molar-refractivity contribution in [2.75, 3.05) is 7.11 Å². The van der Waals surface area contributed by atoms with Crippen molar-refractivity contribution in [2.24, 2.45) is 0 Å². The first-order valence-corrected chi connectivity index (χ1v) is 11.2. The molecule has 4 aromatic rings. The number of aromatic hydroxyl groups is 5. The Bertz CT molecular complexity index is 1440. The molecule has 5 rings (SSSR count). The molecule has 0 bridgehead atoms. The molecule has 0 unspecified atom stereocenters. The first-order valence-electron chi connectivity index (χ1n) is 11.2. The van der Waals surface area contributed by atoms with Crippen LogP contribution in [0, 0.1) is 0 Å². The smallest absolute Gasteiger partial charge is 0.160 e. The minimum Gasteiger partial charge on any atom is -0.508 e. The van der Waals surface area contributed by atoms with Crippen molar-refractivity contribution in [3.05, 3.63) is 101 Å². The molecule has 1 aliphatic rings. The third-order valence-electron chi connectivity index (χ3n) is 6.19. The third kappa shape index (κ3) is 4.34. The normalized spacial score (nSPS) is 16.6. The van der Waals surface area contributed by atoms with Gasteiger partial charge in [-0.25, -0.2) is 0 Å². The molecule has 0 saturated heterocycles. The molecule has 0 amide bonds. The molecule has 0 saturated carbocycles. The Labute approximate surface area is 207 Å². The van der Waals surface area contributed by atoms with Crippen LogP contribution >= 0.6 is 0 Å². The van der Waals surface area contributed by atoms with Gasteiger partial charge in [0.2, 0.25) is 0 Å². The number of methoxy groups -OCH3 is 1. The largest absolute Gasteiger partial charge is 0.508 e. The number of phenols is 5. The summed E-state index contributed by atoms with van der Waals surface area (Å²) in [6.45, 7) is 0. The Morgan fingerprint density at radius 3 is 2.06 bits per heavy atom. The Morgan fingerprint density at radius 2 is 1.39 bits per heavy atom. The highest BCUT2D eigenvalue weighted by atomic mass is 16.5. The lowest BCUT2D eigenvalue weighted by Crippen LogP contribution is -2.11. The van der Waals surface area contributed by atoms with Crippen LogP contribution in [0.1, 0.15) is 39.8 Å². The van der Waals surface area contributed by atoms with E-state index in [4.69, 9.17) is 9.47 Å². The molecule has 0 fully saturated rings. The van der Waals surface area contributed by atoms with Crippen molar-refractivity contribution in [2.45, 2.75) is 12.0 Å². The molecular formula is C29H24O7. The molecule has 2 atom stereocenters. The number of phenolic OH excluding ortho intramolecular Hbond substituents is 5. The van der Waals surface area contributed by atoms with Gasteiger partial charge in [0.1, 0.15) is 34.9 Å². The van der Waals surface area contributed by atoms with Crippen molar-refractivity contribution < 1.29 is 35.0 Å². The van der Waals surface area contributed by atoms with Crippen LogP contribution in [-0.2, 0) is 0 Å². The summed E-state index contributed by atoms with van der Waals surface area (Å²) in [6, 6.07) is 19.2. The Balaban J connectivity index is 1.65. The summed E-state index contributed by atoms with van der Waals surface area (Å²) < 4.78 is 11.4. The lowest BCUT2D eigenvalue weighted by Gasteiger charge is -2.21. The molecule has 1 heterocycles. The number of hydrogen-bond acceptors (Lipinski definition) is 7. The van der Waals surface area contributed by atoms with Crippen molar-refractivity contribution in [1.82, 2.24) is 0 Å². The summed E-state index contributed by atoms with van der Waals surface area (Å²) in [6.07, 6.45) is 3.04. The van der Waals surface area contributed by atoms with Crippen LogP contribution in [-0.4, -0.2) is 32.6 Å². The summed E-state index contributed by atoms with van der Waals surface area (Å²) in [5.74, 6) is 0.314. The van der Waals surface area contributed by atoms with Gasteiger partial charge in [0, 0.05) is 17.7 Å². The van der Waals surface area contributed by atoms with Gasteiger partial charge in [0.25, 0.3) is 0 Å². The van der Waals surface area contributed by atoms with Crippen molar-refractivity contribution >= 4 is 12.2 Å². The van der Waals surface area contributed by atoms with E-state index >= 15 is 0 Å². The summed E-state index contributed by atoms with van der Waals surface area (Å²) in [5.41, 5.74) is 3.52. The Kier molecular flexibility index (Phi) is 5.82. The molecule has 7 nitrogen and oxygen atoms in total. The Hall–Kier alpha value is -4.78. The van der Waals surface area contributed by atoms with Crippen LogP contribution in [0.3, 0.4) is 0 Å². The number of hydrogen-bond donors (Lipinski definition) is 5. The highest BCUT2D eigenvalue weighted by Crippen LogP contribution is 2.53. The molecule has 5 N–H and O–H groups in total. The number of ether oxygens (including phenoxy) is 2. The molecule has 1 aliphatic heterocycles. The standard InChI is InChI=1S/C29H24O7/c1-35-25-9-3-16(10-24(25)34)2-4-18-11-23(33)15-26-27(18)28(19-12-21(31)14-22(32)13-19)29(36-26)17-5-7-20(30)8-6-17/h2-15,28-34H,1H3/b4-2+/t28-,29+/m1/s1. The van der Waals surface area contributed by atoms with E-state index in [1.165, 1.54) is 19.2 Å². The van der Waals surface area contributed by atoms with E-state index in [1.807, 2.05) is 0 Å². The number of benzene rings is 4. The van der Waals surface area contributed by atoms with Gasteiger partial charge >= 0.3 is 0 Å². The Morgan fingerprint density at radius 1 is 0.694 bits per heavy atom. The van der Waals surface area contributed by atoms with Crippen LogP contribution in [0.25, 0.3) is 12.2 Å². The fourth-order valence-corrected chi connectivity index (χ4v) is 4.62. The van der Waals surface area contributed by atoms with Crippen molar-refractivity contribution in [3.8, 4) is 40.2 Å². The SMILES string of the molecule is COc1ccc(/C=C/c2cc(O)cc3c2[C@@H](c2cc(O)cc(O)c2)[C@H](c2ccc(O)cc2)O3)cc1O. The minimum atomic E-state index is -0.555. The lowest BCUT2D eigenvalue weighted by molar-refractivity contribution is 0.221. The van der Waals surface area contributed by atoms with E-state index in [9.17, 15) is 25.5 Å². The zero-order valence-electron chi connectivity index (χ0n) is 19.3. The average molecular weight is 485 g/mol. The molecule has 182 valence electrons. The molecule has 36 heavy (non-hydrogen) atoms. The molecule has 7 heteroatoms. The van der Waals surface area contributed by atoms with Gasteiger partial charge in [-0.2, -0.15) is 0 Å². The monoisotopic (exact) mass is 484 g/mol. The topological polar surface area (TPSA) is 120 Å². The summed E-state index contributed by atoms with van der Waals surface area (Å²) in [7, 11) is 1.48. The second-order valence-corrected chi connectivity index (χ2v) is 8.60. The zero-order valence-corrected chi connectivity index (χ0v) is 19.3. The highest BCUT2D eigenvalue weighted by Gasteiger charge is 2.39. The number of fused-ring (bicyclic) bond motifs is 1. The quantitative estimate of drug-likeness (QED) is 0.232. The van der Waals surface area contributed by atoms with Crippen LogP contribution in [0.2, 0.25) is 0 Å². The van der Waals surface area contributed by atoms with Gasteiger partial charge in [0.05, 0.1) is 13.0 Å². The van der Waals surface area contributed by atoms with Gasteiger partial charge in [0.15, 0.2) is 11.5 Å². The maximum atomic E-state index is 10.4. The van der Waals surface area contributed by atoms with E-state index in [-0.39, 0.29) is 28.7 Å². The van der Waals surface area contributed by atoms with Gasteiger partial charge in [-0.15, -0.1) is 0 Å². The fraction of sp³-hybridized carbons (Fsp3) is 0.103. The van der Waals surface area contributed by atoms with Gasteiger partial charge < -0.3 is 35.0 Å². The van der Waals surface area contributed by atoms with Gasteiger partial charge in [-0.05, 0) is 64.7 Å². The van der Waals surface area contributed by atoms with E-state index in [0.29, 0.717) is 28.2 Å². The fourth-order valence-electron chi connectivity index (χ4n) is 4.62. The van der Waals surface area contributed by atoms with E-state index in [0.717, 1.165) is 11.1 Å². The van der Waals surface area contributed by atoms with Crippen LogP contribution < -0.4 is 9.47 Å². The van der Waals surface area contributed by atoms with Crippen LogP contribution in [0.5, 0.6) is 40.2 Å². The minimum absolute atomic E-state index is 0.00429. The summed E-state index contributed by atoms with van der Waals surface area (Å²) in [5, 5.41) is 50.7. The average Bonchev–Trinajstić information content (AvgIpc) is 3.22. The van der Waals surface area contributed by atoms with E-state index in [2.05, 4.69) is 0 Å². The second kappa shape index (κ2) is 9.11. The summed E-state index contributed by atoms with van der Waals surface area (Å²) in [4.78, 5) is 0. The summed E-state index contributed by atoms with van der Waals surface area (Å²) >= 11 is 0. The maximum Gasteiger partial charge on any atom is 0.160 e. The first kappa shape index (κ1) is 23.0. The predicted octanol–water partition coefficient (Wildman–Crippen LogP) is 5.66. The molecule has 4 aromatic carbocycles. The lowest BCUT2D eigenvalue weighted by atomic mass is 9.82. The van der Waals surface area contributed by atoms with E-state index < -0.39 is 12.0 Å². The maximum absolute atomic E-state index is 10.4. The van der Waals surface area contributed by atoms with Crippen molar-refractivity contribution in [1.29, 1.82) is 0 Å². The van der Waals surface area contributed by atoms with Crippen molar-refractivity contribution in [3.63, 3.8) is 0 Å². The predicted molar refractivity (Wildman–Crippen MR) is 135 cm³/mol. The third-order valence-corrected chi connectivity index (χ3v) is 6.19. The highest BCUT2D eigenvalue weighted by molar-refractivity contribution is 5.76. The van der Waals surface area contributed by atoms with E-state index in [1.54, 1.807) is 72.8 Å².